The van der Waals surface area contributed by atoms with E-state index < -0.39 is 60.2 Å². The number of carboxylic acid groups (broad SMARTS) is 2. The van der Waals surface area contributed by atoms with Crippen LogP contribution in [0.3, 0.4) is 0 Å². The number of carbonyl (C=O) groups excluding carboxylic acids is 3. The minimum atomic E-state index is -1.58. The number of hydrogen-bond acceptors (Lipinski definition) is 7. The van der Waals surface area contributed by atoms with E-state index in [0.29, 0.717) is 6.42 Å². The molecule has 0 aromatic rings. The van der Waals surface area contributed by atoms with Crippen molar-refractivity contribution >= 4 is 35.6 Å². The van der Waals surface area contributed by atoms with Gasteiger partial charge in [0, 0.05) is 6.54 Å². The third-order valence-electron chi connectivity index (χ3n) is 4.78. The van der Waals surface area contributed by atoms with Crippen LogP contribution in [0, 0.1) is 5.92 Å². The number of rotatable bonds is 15. The van der Waals surface area contributed by atoms with E-state index in [0.717, 1.165) is 0 Å². The number of nitrogens with zero attached hydrogens (tertiary/aromatic N) is 1. The number of guanidine groups is 1. The lowest BCUT2D eigenvalue weighted by molar-refractivity contribution is -0.144. The molecular formula is C19H35N7O7. The molecule has 0 radical (unpaired) electrons. The van der Waals surface area contributed by atoms with Crippen LogP contribution in [0.2, 0.25) is 0 Å². The highest BCUT2D eigenvalue weighted by Gasteiger charge is 2.33. The lowest BCUT2D eigenvalue weighted by Crippen LogP contribution is -2.58. The lowest BCUT2D eigenvalue weighted by atomic mass is 9.97. The first-order valence-corrected chi connectivity index (χ1v) is 10.5. The van der Waals surface area contributed by atoms with Gasteiger partial charge in [-0.1, -0.05) is 20.3 Å². The Kier molecular flexibility index (Phi) is 13.1. The Morgan fingerprint density at radius 2 is 1.48 bits per heavy atom. The van der Waals surface area contributed by atoms with Crippen molar-refractivity contribution in [1.29, 1.82) is 0 Å². The highest BCUT2D eigenvalue weighted by atomic mass is 16.4. The van der Waals surface area contributed by atoms with Crippen LogP contribution in [0.25, 0.3) is 0 Å². The van der Waals surface area contributed by atoms with E-state index in [1.807, 2.05) is 0 Å². The molecule has 0 bridgehead atoms. The van der Waals surface area contributed by atoms with Gasteiger partial charge in [0.1, 0.15) is 18.1 Å². The Labute approximate surface area is 191 Å². The number of aliphatic carboxylic acids is 2. The van der Waals surface area contributed by atoms with Gasteiger partial charge in [0.25, 0.3) is 0 Å². The van der Waals surface area contributed by atoms with Crippen molar-refractivity contribution in [2.24, 2.45) is 28.1 Å². The maximum atomic E-state index is 12.8. The van der Waals surface area contributed by atoms with Crippen molar-refractivity contribution in [3.8, 4) is 0 Å². The summed E-state index contributed by atoms with van der Waals surface area (Å²) in [5.74, 6) is -5.65. The second-order valence-electron chi connectivity index (χ2n) is 7.67. The summed E-state index contributed by atoms with van der Waals surface area (Å²) in [5.41, 5.74) is 15.9. The summed E-state index contributed by atoms with van der Waals surface area (Å²) in [6.45, 7) is 5.03. The molecule has 0 saturated carbocycles. The van der Waals surface area contributed by atoms with Gasteiger partial charge in [-0.25, -0.2) is 4.79 Å². The Balaban J connectivity index is 5.44. The van der Waals surface area contributed by atoms with Gasteiger partial charge in [0.2, 0.25) is 17.7 Å². The van der Waals surface area contributed by atoms with Crippen molar-refractivity contribution in [2.75, 3.05) is 6.54 Å². The minimum absolute atomic E-state index is 0.0362. The first kappa shape index (κ1) is 29.6. The predicted octanol–water partition coefficient (Wildman–Crippen LogP) is -2.55. The van der Waals surface area contributed by atoms with Gasteiger partial charge in [-0.15, -0.1) is 0 Å². The van der Waals surface area contributed by atoms with Crippen molar-refractivity contribution < 1.29 is 34.2 Å². The maximum Gasteiger partial charge on any atom is 0.326 e. The molecule has 0 aliphatic rings. The summed E-state index contributed by atoms with van der Waals surface area (Å²) in [7, 11) is 0. The number of nitrogens with two attached hydrogens (primary N) is 3. The number of carboxylic acids is 2. The number of hydrogen-bond donors (Lipinski definition) is 8. The van der Waals surface area contributed by atoms with Crippen LogP contribution in [0.1, 0.15) is 46.5 Å². The van der Waals surface area contributed by atoms with Gasteiger partial charge in [-0.2, -0.15) is 0 Å². The molecular weight excluding hydrogens is 438 g/mol. The molecule has 14 heteroatoms. The average molecular weight is 474 g/mol. The van der Waals surface area contributed by atoms with Gasteiger partial charge in [0.15, 0.2) is 5.96 Å². The van der Waals surface area contributed by atoms with Crippen molar-refractivity contribution in [2.45, 2.75) is 70.6 Å². The monoisotopic (exact) mass is 473 g/mol. The molecule has 5 unspecified atom stereocenters. The largest absolute Gasteiger partial charge is 0.481 e. The number of nitrogens with one attached hydrogen (secondary N) is 3. The van der Waals surface area contributed by atoms with Gasteiger partial charge in [-0.05, 0) is 25.7 Å². The Morgan fingerprint density at radius 3 is 1.94 bits per heavy atom. The molecule has 0 rings (SSSR count). The molecule has 0 saturated heterocycles. The van der Waals surface area contributed by atoms with E-state index in [-0.39, 0.29) is 31.3 Å². The van der Waals surface area contributed by atoms with Crippen LogP contribution in [0.5, 0.6) is 0 Å². The van der Waals surface area contributed by atoms with Crippen molar-refractivity contribution in [3.63, 3.8) is 0 Å². The standard InChI is InChI=1S/C19H35N7O7/c1-4-9(2)14(26-15(29)10(3)20)17(31)25-12(8-13(27)28)16(30)24-11(18(32)33)6-5-7-23-19(21)22/h9-12,14H,4-8,20H2,1-3H3,(H,24,30)(H,25,31)(H,26,29)(H,27,28)(H,32,33)(H4,21,22,23). The Hall–Kier alpha value is -3.42. The Morgan fingerprint density at radius 1 is 0.909 bits per heavy atom. The normalized spacial score (nSPS) is 15.2. The van der Waals surface area contributed by atoms with E-state index in [4.69, 9.17) is 22.3 Å². The molecule has 0 heterocycles. The van der Waals surface area contributed by atoms with E-state index in [2.05, 4.69) is 20.9 Å². The maximum absolute atomic E-state index is 12.8. The quantitative estimate of drug-likeness (QED) is 0.0701. The molecule has 0 aliphatic carbocycles. The van der Waals surface area contributed by atoms with Gasteiger partial charge in [-0.3, -0.25) is 24.2 Å². The van der Waals surface area contributed by atoms with Gasteiger partial charge >= 0.3 is 11.9 Å². The van der Waals surface area contributed by atoms with Crippen LogP contribution in [0.4, 0.5) is 0 Å². The average Bonchev–Trinajstić information content (AvgIpc) is 2.71. The number of aliphatic imine (C=N–C) groups is 1. The fourth-order valence-electron chi connectivity index (χ4n) is 2.67. The van der Waals surface area contributed by atoms with Crippen molar-refractivity contribution in [3.05, 3.63) is 0 Å². The highest BCUT2D eigenvalue weighted by molar-refractivity contribution is 5.95. The summed E-state index contributed by atoms with van der Waals surface area (Å²) >= 11 is 0. The number of amides is 3. The summed E-state index contributed by atoms with van der Waals surface area (Å²) in [5, 5.41) is 25.5. The molecule has 33 heavy (non-hydrogen) atoms. The van der Waals surface area contributed by atoms with Crippen LogP contribution in [-0.4, -0.2) is 76.5 Å². The van der Waals surface area contributed by atoms with Crippen molar-refractivity contribution in [1.82, 2.24) is 16.0 Å². The zero-order chi connectivity index (χ0) is 25.7. The molecule has 0 spiro atoms. The number of carbonyl (C=O) groups is 5. The van der Waals surface area contributed by atoms with Crippen LogP contribution < -0.4 is 33.2 Å². The fourth-order valence-corrected chi connectivity index (χ4v) is 2.67. The Bertz CT molecular complexity index is 738. The molecule has 0 aliphatic heterocycles. The second kappa shape index (κ2) is 14.6. The van der Waals surface area contributed by atoms with Gasteiger partial charge < -0.3 is 43.4 Å². The topological polar surface area (TPSA) is 252 Å². The third kappa shape index (κ3) is 11.7. The molecule has 14 nitrogen and oxygen atoms in total. The van der Waals surface area contributed by atoms with E-state index in [1.165, 1.54) is 6.92 Å². The molecule has 0 aromatic carbocycles. The molecule has 11 N–H and O–H groups in total. The first-order valence-electron chi connectivity index (χ1n) is 10.5. The first-order chi connectivity index (χ1) is 15.3. The van der Waals surface area contributed by atoms with Crippen LogP contribution >= 0.6 is 0 Å². The molecule has 5 atom stereocenters. The van der Waals surface area contributed by atoms with E-state index in [9.17, 15) is 29.1 Å². The van der Waals surface area contributed by atoms with Crippen LogP contribution in [0.15, 0.2) is 4.99 Å². The zero-order valence-corrected chi connectivity index (χ0v) is 19.0. The SMILES string of the molecule is CCC(C)C(NC(=O)C(C)N)C(=O)NC(CC(=O)O)C(=O)NC(CCCN=C(N)N)C(=O)O. The predicted molar refractivity (Wildman–Crippen MR) is 119 cm³/mol. The summed E-state index contributed by atoms with van der Waals surface area (Å²) < 4.78 is 0. The molecule has 0 aromatic heterocycles. The van der Waals surface area contributed by atoms with Gasteiger partial charge in [0.05, 0.1) is 12.5 Å². The highest BCUT2D eigenvalue weighted by Crippen LogP contribution is 2.10. The third-order valence-corrected chi connectivity index (χ3v) is 4.78. The van der Waals surface area contributed by atoms with E-state index >= 15 is 0 Å². The minimum Gasteiger partial charge on any atom is -0.481 e. The summed E-state index contributed by atoms with van der Waals surface area (Å²) in [4.78, 5) is 63.9. The summed E-state index contributed by atoms with van der Waals surface area (Å²) in [6, 6.07) is -4.90. The molecule has 0 fully saturated rings. The zero-order valence-electron chi connectivity index (χ0n) is 19.0. The van der Waals surface area contributed by atoms with E-state index in [1.54, 1.807) is 13.8 Å². The lowest BCUT2D eigenvalue weighted by Gasteiger charge is -2.27. The fraction of sp³-hybridized carbons (Fsp3) is 0.684. The smallest absolute Gasteiger partial charge is 0.326 e. The van der Waals surface area contributed by atoms with Crippen LogP contribution in [-0.2, 0) is 24.0 Å². The second-order valence-corrected chi connectivity index (χ2v) is 7.67. The summed E-state index contributed by atoms with van der Waals surface area (Å²) in [6.07, 6.45) is -0.119. The molecule has 3 amide bonds. The molecule has 188 valence electrons.